The molecule has 1 aromatic rings. The molecule has 0 amide bonds. The van der Waals surface area contributed by atoms with Crippen molar-refractivity contribution in [3.63, 3.8) is 0 Å². The largest absolute Gasteiger partial charge is 0.416 e. The van der Waals surface area contributed by atoms with Crippen LogP contribution in [-0.2, 0) is 6.18 Å². The Bertz CT molecular complexity index is 478. The van der Waals surface area contributed by atoms with Gasteiger partial charge in [-0.3, -0.25) is 0 Å². The van der Waals surface area contributed by atoms with Gasteiger partial charge in [0.25, 0.3) is 0 Å². The minimum atomic E-state index is -4.34. The van der Waals surface area contributed by atoms with Crippen LogP contribution in [0.4, 0.5) is 24.5 Å². The Hall–Kier alpha value is -1.43. The molecule has 0 bridgehead atoms. The number of benzene rings is 1. The van der Waals surface area contributed by atoms with Crippen LogP contribution in [0.5, 0.6) is 0 Å². The molecule has 0 unspecified atom stereocenters. The van der Waals surface area contributed by atoms with Crippen molar-refractivity contribution in [2.24, 2.45) is 5.92 Å². The van der Waals surface area contributed by atoms with Crippen molar-refractivity contribution in [2.45, 2.75) is 19.0 Å². The van der Waals surface area contributed by atoms with E-state index < -0.39 is 11.7 Å². The Balaban J connectivity index is 2.04. The van der Waals surface area contributed by atoms with Crippen LogP contribution in [0.25, 0.3) is 0 Å². The molecule has 1 heterocycles. The Labute approximate surface area is 123 Å². The first-order valence-corrected chi connectivity index (χ1v) is 7.14. The number of halogens is 3. The second kappa shape index (κ2) is 6.13. The van der Waals surface area contributed by atoms with E-state index in [1.165, 1.54) is 6.07 Å². The van der Waals surface area contributed by atoms with E-state index in [2.05, 4.69) is 23.9 Å². The molecule has 3 nitrogen and oxygen atoms in total. The third kappa shape index (κ3) is 4.03. The highest BCUT2D eigenvalue weighted by molar-refractivity contribution is 5.68. The van der Waals surface area contributed by atoms with Crippen LogP contribution in [0.2, 0.25) is 0 Å². The zero-order valence-electron chi connectivity index (χ0n) is 12.5. The average molecular weight is 301 g/mol. The van der Waals surface area contributed by atoms with Gasteiger partial charge < -0.3 is 15.5 Å². The molecule has 1 aromatic carbocycles. The van der Waals surface area contributed by atoms with Gasteiger partial charge in [-0.15, -0.1) is 0 Å². The fourth-order valence-corrected chi connectivity index (χ4v) is 2.89. The summed E-state index contributed by atoms with van der Waals surface area (Å²) in [5.74, 6) is 0.645. The Morgan fingerprint density at radius 1 is 1.24 bits per heavy atom. The van der Waals surface area contributed by atoms with Gasteiger partial charge in [-0.1, -0.05) is 0 Å². The third-order valence-electron chi connectivity index (χ3n) is 3.93. The molecular formula is C15H22F3N3. The standard InChI is InChI=1S/C15H22F3N3/c1-20(2)10-11-5-7-21(8-6-11)14-4-3-12(9-13(14)19)15(16,17)18/h3-4,9,11H,5-8,10,19H2,1-2H3. The van der Waals surface area contributed by atoms with Gasteiger partial charge in [-0.2, -0.15) is 13.2 Å². The zero-order valence-corrected chi connectivity index (χ0v) is 12.5. The van der Waals surface area contributed by atoms with E-state index in [4.69, 9.17) is 5.73 Å². The molecule has 1 aliphatic rings. The normalized spacial score (nSPS) is 17.5. The second-order valence-electron chi connectivity index (χ2n) is 5.96. The lowest BCUT2D eigenvalue weighted by Crippen LogP contribution is -2.37. The highest BCUT2D eigenvalue weighted by Crippen LogP contribution is 2.35. The van der Waals surface area contributed by atoms with E-state index >= 15 is 0 Å². The maximum Gasteiger partial charge on any atom is 0.416 e. The molecule has 0 spiro atoms. The van der Waals surface area contributed by atoms with E-state index in [9.17, 15) is 13.2 Å². The summed E-state index contributed by atoms with van der Waals surface area (Å²) >= 11 is 0. The van der Waals surface area contributed by atoms with Crippen LogP contribution in [0.15, 0.2) is 18.2 Å². The maximum atomic E-state index is 12.6. The summed E-state index contributed by atoms with van der Waals surface area (Å²) in [5.41, 5.74) is 6.04. The van der Waals surface area contributed by atoms with Crippen LogP contribution in [0.1, 0.15) is 18.4 Å². The van der Waals surface area contributed by atoms with Gasteiger partial charge in [-0.25, -0.2) is 0 Å². The van der Waals surface area contributed by atoms with E-state index in [0.29, 0.717) is 11.6 Å². The number of alkyl halides is 3. The van der Waals surface area contributed by atoms with Gasteiger partial charge in [0.15, 0.2) is 0 Å². The molecule has 0 aromatic heterocycles. The highest BCUT2D eigenvalue weighted by atomic mass is 19.4. The molecule has 1 saturated heterocycles. The van der Waals surface area contributed by atoms with Crippen LogP contribution in [0.3, 0.4) is 0 Å². The monoisotopic (exact) mass is 301 g/mol. The fraction of sp³-hybridized carbons (Fsp3) is 0.600. The number of nitrogens with two attached hydrogens (primary N) is 1. The predicted octanol–water partition coefficient (Wildman–Crippen LogP) is 3.07. The van der Waals surface area contributed by atoms with Crippen LogP contribution in [-0.4, -0.2) is 38.6 Å². The Kier molecular flexibility index (Phi) is 4.66. The van der Waals surface area contributed by atoms with Crippen molar-refractivity contribution in [2.75, 3.05) is 44.4 Å². The third-order valence-corrected chi connectivity index (χ3v) is 3.93. The minimum absolute atomic E-state index is 0.205. The molecule has 2 rings (SSSR count). The van der Waals surface area contributed by atoms with Gasteiger partial charge in [0, 0.05) is 19.6 Å². The van der Waals surface area contributed by atoms with E-state index in [1.807, 2.05) is 0 Å². The summed E-state index contributed by atoms with van der Waals surface area (Å²) in [6.07, 6.45) is -2.26. The van der Waals surface area contributed by atoms with E-state index in [0.717, 1.165) is 44.6 Å². The smallest absolute Gasteiger partial charge is 0.397 e. The molecule has 118 valence electrons. The number of nitrogen functional groups attached to an aromatic ring is 1. The fourth-order valence-electron chi connectivity index (χ4n) is 2.89. The Morgan fingerprint density at radius 3 is 2.33 bits per heavy atom. The summed E-state index contributed by atoms with van der Waals surface area (Å²) in [4.78, 5) is 4.26. The van der Waals surface area contributed by atoms with Gasteiger partial charge >= 0.3 is 6.18 Å². The zero-order chi connectivity index (χ0) is 15.6. The first kappa shape index (κ1) is 15.9. The quantitative estimate of drug-likeness (QED) is 0.871. The van der Waals surface area contributed by atoms with E-state index in [-0.39, 0.29) is 5.69 Å². The van der Waals surface area contributed by atoms with Gasteiger partial charge in [-0.05, 0) is 51.1 Å². The van der Waals surface area contributed by atoms with Crippen molar-refractivity contribution in [1.29, 1.82) is 0 Å². The summed E-state index contributed by atoms with van der Waals surface area (Å²) in [7, 11) is 4.11. The maximum absolute atomic E-state index is 12.6. The Morgan fingerprint density at radius 2 is 1.86 bits per heavy atom. The first-order chi connectivity index (χ1) is 9.77. The number of rotatable bonds is 3. The molecule has 2 N–H and O–H groups in total. The van der Waals surface area contributed by atoms with Gasteiger partial charge in [0.2, 0.25) is 0 Å². The molecule has 0 atom stereocenters. The van der Waals surface area contributed by atoms with Crippen molar-refractivity contribution in [3.8, 4) is 0 Å². The molecule has 6 heteroatoms. The average Bonchev–Trinajstić information content (AvgIpc) is 2.38. The summed E-state index contributed by atoms with van der Waals surface area (Å²) < 4.78 is 37.9. The molecule has 1 aliphatic heterocycles. The summed E-state index contributed by atoms with van der Waals surface area (Å²) in [5, 5.41) is 0. The number of anilines is 2. The molecule has 1 fully saturated rings. The molecule has 21 heavy (non-hydrogen) atoms. The van der Waals surface area contributed by atoms with Gasteiger partial charge in [0.1, 0.15) is 0 Å². The van der Waals surface area contributed by atoms with Crippen molar-refractivity contribution in [3.05, 3.63) is 23.8 Å². The van der Waals surface area contributed by atoms with Crippen LogP contribution >= 0.6 is 0 Å². The summed E-state index contributed by atoms with van der Waals surface area (Å²) in [6.45, 7) is 2.73. The topological polar surface area (TPSA) is 32.5 Å². The SMILES string of the molecule is CN(C)CC1CCN(c2ccc(C(F)(F)F)cc2N)CC1. The number of hydrogen-bond acceptors (Lipinski definition) is 3. The van der Waals surface area contributed by atoms with Crippen molar-refractivity contribution >= 4 is 11.4 Å². The van der Waals surface area contributed by atoms with E-state index in [1.54, 1.807) is 0 Å². The molecule has 0 saturated carbocycles. The lowest BCUT2D eigenvalue weighted by Gasteiger charge is -2.35. The lowest BCUT2D eigenvalue weighted by atomic mass is 9.95. The molecule has 0 radical (unpaired) electrons. The first-order valence-electron chi connectivity index (χ1n) is 7.14. The van der Waals surface area contributed by atoms with Crippen molar-refractivity contribution < 1.29 is 13.2 Å². The second-order valence-corrected chi connectivity index (χ2v) is 5.96. The predicted molar refractivity (Wildman–Crippen MR) is 79.3 cm³/mol. The van der Waals surface area contributed by atoms with Crippen LogP contribution in [0, 0.1) is 5.92 Å². The number of nitrogens with zero attached hydrogens (tertiary/aromatic N) is 2. The lowest BCUT2D eigenvalue weighted by molar-refractivity contribution is -0.137. The number of hydrogen-bond donors (Lipinski definition) is 1. The number of piperidine rings is 1. The molecular weight excluding hydrogens is 279 g/mol. The van der Waals surface area contributed by atoms with Crippen LogP contribution < -0.4 is 10.6 Å². The minimum Gasteiger partial charge on any atom is -0.397 e. The van der Waals surface area contributed by atoms with Crippen molar-refractivity contribution in [1.82, 2.24) is 4.90 Å². The highest BCUT2D eigenvalue weighted by Gasteiger charge is 2.31. The molecule has 0 aliphatic carbocycles. The summed E-state index contributed by atoms with van der Waals surface area (Å²) in [6, 6.07) is 3.63. The van der Waals surface area contributed by atoms with Gasteiger partial charge in [0.05, 0.1) is 16.9 Å².